The molecule has 2 rings (SSSR count). The van der Waals surface area contributed by atoms with Crippen molar-refractivity contribution in [3.8, 4) is 0 Å². The van der Waals surface area contributed by atoms with Crippen LogP contribution in [-0.4, -0.2) is 35.0 Å². The Kier molecular flexibility index (Phi) is 4.57. The largest absolute Gasteiger partial charge is 0.399 e. The quantitative estimate of drug-likeness (QED) is 0.815. The van der Waals surface area contributed by atoms with Gasteiger partial charge in [-0.1, -0.05) is 0 Å². The number of benzene rings is 1. The van der Waals surface area contributed by atoms with Gasteiger partial charge in [-0.2, -0.15) is 0 Å². The number of rotatable bonds is 5. The van der Waals surface area contributed by atoms with Gasteiger partial charge < -0.3 is 16.0 Å². The summed E-state index contributed by atoms with van der Waals surface area (Å²) in [5, 5.41) is 3.78. The zero-order valence-electron chi connectivity index (χ0n) is 12.6. The zero-order chi connectivity index (χ0) is 15.4. The number of carbonyl (C=O) groups excluding carboxylic acids is 1. The highest BCUT2D eigenvalue weighted by molar-refractivity contribution is 5.93. The second kappa shape index (κ2) is 6.39. The summed E-state index contributed by atoms with van der Waals surface area (Å²) in [7, 11) is 0. The van der Waals surface area contributed by atoms with E-state index in [4.69, 9.17) is 5.73 Å². The maximum atomic E-state index is 12.0. The lowest BCUT2D eigenvalue weighted by Crippen LogP contribution is -2.40. The number of amides is 1. The molecule has 6 nitrogen and oxygen atoms in total. The van der Waals surface area contributed by atoms with Gasteiger partial charge in [-0.15, -0.1) is 0 Å². The van der Waals surface area contributed by atoms with Crippen molar-refractivity contribution < 1.29 is 4.79 Å². The molecule has 2 aromatic rings. The van der Waals surface area contributed by atoms with Gasteiger partial charge in [0.15, 0.2) is 0 Å². The van der Waals surface area contributed by atoms with E-state index in [1.54, 1.807) is 0 Å². The topological polar surface area (TPSA) is 84.1 Å². The van der Waals surface area contributed by atoms with Crippen molar-refractivity contribution in [2.24, 2.45) is 0 Å². The highest BCUT2D eigenvalue weighted by Gasteiger charge is 2.15. The van der Waals surface area contributed by atoms with Crippen LogP contribution >= 0.6 is 0 Å². The van der Waals surface area contributed by atoms with Gasteiger partial charge in [0, 0.05) is 23.7 Å². The molecule has 0 atom stereocenters. The van der Waals surface area contributed by atoms with Gasteiger partial charge in [-0.3, -0.25) is 4.79 Å². The molecule has 0 aliphatic rings. The monoisotopic (exact) mass is 287 g/mol. The van der Waals surface area contributed by atoms with Crippen LogP contribution in [0, 0.1) is 0 Å². The molecule has 0 aliphatic carbocycles. The number of nitrogens with one attached hydrogen (secondary N) is 1. The van der Waals surface area contributed by atoms with Gasteiger partial charge in [0.05, 0.1) is 12.1 Å². The third-order valence-corrected chi connectivity index (χ3v) is 3.10. The average molecular weight is 287 g/mol. The number of carbonyl (C=O) groups is 1. The zero-order valence-corrected chi connectivity index (χ0v) is 12.6. The molecule has 112 valence electrons. The molecule has 1 amide bonds. The Bertz CT molecular complexity index is 641. The number of nitrogens with zero attached hydrogens (tertiary/aromatic N) is 3. The summed E-state index contributed by atoms with van der Waals surface area (Å²) in [5.41, 5.74) is 7.22. The van der Waals surface area contributed by atoms with Crippen LogP contribution in [0.15, 0.2) is 24.5 Å². The van der Waals surface area contributed by atoms with Crippen LogP contribution in [0.2, 0.25) is 0 Å². The van der Waals surface area contributed by atoms with Crippen molar-refractivity contribution in [2.75, 3.05) is 23.7 Å². The number of anilines is 2. The lowest BCUT2D eigenvalue weighted by molar-refractivity contribution is -0.120. The fourth-order valence-electron chi connectivity index (χ4n) is 2.19. The summed E-state index contributed by atoms with van der Waals surface area (Å²) in [4.78, 5) is 22.5. The Morgan fingerprint density at radius 3 is 2.81 bits per heavy atom. The molecule has 0 saturated heterocycles. The van der Waals surface area contributed by atoms with E-state index in [9.17, 15) is 4.79 Å². The van der Waals surface area contributed by atoms with Gasteiger partial charge in [0.25, 0.3) is 0 Å². The predicted octanol–water partition coefficient (Wildman–Crippen LogP) is 1.56. The van der Waals surface area contributed by atoms with Crippen LogP contribution < -0.4 is 16.0 Å². The highest BCUT2D eigenvalue weighted by Crippen LogP contribution is 2.24. The van der Waals surface area contributed by atoms with Crippen molar-refractivity contribution in [3.63, 3.8) is 0 Å². The summed E-state index contributed by atoms with van der Waals surface area (Å²) in [6.07, 6.45) is 1.50. The smallest absolute Gasteiger partial charge is 0.239 e. The van der Waals surface area contributed by atoms with Crippen molar-refractivity contribution in [1.29, 1.82) is 0 Å². The molecule has 0 radical (unpaired) electrons. The summed E-state index contributed by atoms with van der Waals surface area (Å²) >= 11 is 0. The molecule has 0 aliphatic heterocycles. The minimum atomic E-state index is -0.0194. The third-order valence-electron chi connectivity index (χ3n) is 3.10. The predicted molar refractivity (Wildman–Crippen MR) is 85.1 cm³/mol. The second-order valence-electron chi connectivity index (χ2n) is 5.21. The Hall–Kier alpha value is -2.37. The first-order valence-electron chi connectivity index (χ1n) is 7.05. The number of likely N-dealkylation sites (N-methyl/N-ethyl adjacent to an activating group) is 1. The highest BCUT2D eigenvalue weighted by atomic mass is 16.2. The summed E-state index contributed by atoms with van der Waals surface area (Å²) in [6.45, 7) is 6.83. The third kappa shape index (κ3) is 3.59. The number of hydrogen-bond acceptors (Lipinski definition) is 5. The van der Waals surface area contributed by atoms with Gasteiger partial charge in [-0.25, -0.2) is 9.97 Å². The lowest BCUT2D eigenvalue weighted by Gasteiger charge is -2.23. The molecule has 0 fully saturated rings. The molecular formula is C15H21N5O. The minimum absolute atomic E-state index is 0.0194. The van der Waals surface area contributed by atoms with Crippen LogP contribution in [0.3, 0.4) is 0 Å². The van der Waals surface area contributed by atoms with E-state index in [1.807, 2.05) is 43.9 Å². The standard InChI is InChI=1S/C15H21N5O/c1-4-20(8-14(21)19-10(2)3)15-12-6-5-11(16)7-13(12)17-9-18-15/h5-7,9-10H,4,8,16H2,1-3H3,(H,19,21). The molecule has 1 aromatic carbocycles. The molecule has 0 unspecified atom stereocenters. The number of aromatic nitrogens is 2. The molecular weight excluding hydrogens is 266 g/mol. The normalized spacial score (nSPS) is 10.9. The summed E-state index contributed by atoms with van der Waals surface area (Å²) < 4.78 is 0. The molecule has 6 heteroatoms. The van der Waals surface area contributed by atoms with Crippen LogP contribution in [0.25, 0.3) is 10.9 Å². The number of hydrogen-bond donors (Lipinski definition) is 2. The maximum absolute atomic E-state index is 12.0. The first-order valence-corrected chi connectivity index (χ1v) is 7.05. The van der Waals surface area contributed by atoms with Crippen molar-refractivity contribution in [1.82, 2.24) is 15.3 Å². The van der Waals surface area contributed by atoms with E-state index >= 15 is 0 Å². The minimum Gasteiger partial charge on any atom is -0.399 e. The maximum Gasteiger partial charge on any atom is 0.239 e. The van der Waals surface area contributed by atoms with E-state index in [2.05, 4.69) is 15.3 Å². The lowest BCUT2D eigenvalue weighted by atomic mass is 10.2. The van der Waals surface area contributed by atoms with Crippen LogP contribution in [0.5, 0.6) is 0 Å². The van der Waals surface area contributed by atoms with Gasteiger partial charge >= 0.3 is 0 Å². The van der Waals surface area contributed by atoms with Crippen molar-refractivity contribution in [3.05, 3.63) is 24.5 Å². The molecule has 3 N–H and O–H groups in total. The Balaban J connectivity index is 2.32. The van der Waals surface area contributed by atoms with E-state index in [1.165, 1.54) is 6.33 Å². The Labute approximate surface area is 124 Å². The van der Waals surface area contributed by atoms with E-state index in [0.717, 1.165) is 16.7 Å². The number of fused-ring (bicyclic) bond motifs is 1. The molecule has 0 bridgehead atoms. The van der Waals surface area contributed by atoms with Crippen molar-refractivity contribution in [2.45, 2.75) is 26.8 Å². The van der Waals surface area contributed by atoms with Crippen LogP contribution in [0.4, 0.5) is 11.5 Å². The Morgan fingerprint density at radius 2 is 2.14 bits per heavy atom. The summed E-state index contributed by atoms with van der Waals surface area (Å²) in [5.74, 6) is 0.732. The molecule has 0 spiro atoms. The summed E-state index contributed by atoms with van der Waals surface area (Å²) in [6, 6.07) is 5.64. The number of nitrogen functional groups attached to an aromatic ring is 1. The second-order valence-corrected chi connectivity index (χ2v) is 5.21. The fourth-order valence-corrected chi connectivity index (χ4v) is 2.19. The average Bonchev–Trinajstić information content (AvgIpc) is 2.43. The van der Waals surface area contributed by atoms with Gasteiger partial charge in [0.2, 0.25) is 5.91 Å². The van der Waals surface area contributed by atoms with Gasteiger partial charge in [-0.05, 0) is 39.0 Å². The molecule has 21 heavy (non-hydrogen) atoms. The van der Waals surface area contributed by atoms with Crippen LogP contribution in [0.1, 0.15) is 20.8 Å². The van der Waals surface area contributed by atoms with Crippen LogP contribution in [-0.2, 0) is 4.79 Å². The Morgan fingerprint density at radius 1 is 1.38 bits per heavy atom. The van der Waals surface area contributed by atoms with E-state index in [0.29, 0.717) is 12.2 Å². The fraction of sp³-hybridized carbons (Fsp3) is 0.400. The van der Waals surface area contributed by atoms with E-state index in [-0.39, 0.29) is 18.5 Å². The first-order chi connectivity index (χ1) is 10.0. The molecule has 0 saturated carbocycles. The first kappa shape index (κ1) is 15.0. The molecule has 1 heterocycles. The van der Waals surface area contributed by atoms with Crippen molar-refractivity contribution >= 4 is 28.3 Å². The SMILES string of the molecule is CCN(CC(=O)NC(C)C)c1ncnc2cc(N)ccc12. The van der Waals surface area contributed by atoms with E-state index < -0.39 is 0 Å². The van der Waals surface area contributed by atoms with Gasteiger partial charge in [0.1, 0.15) is 12.1 Å². The number of nitrogens with two attached hydrogens (primary N) is 1. The molecule has 1 aromatic heterocycles.